The third kappa shape index (κ3) is 4.18. The van der Waals surface area contributed by atoms with Crippen LogP contribution in [0.2, 0.25) is 0 Å². The highest BCUT2D eigenvalue weighted by molar-refractivity contribution is 5.83. The van der Waals surface area contributed by atoms with Crippen LogP contribution >= 0.6 is 0 Å². The number of likely N-dealkylation sites (N-methyl/N-ethyl adjacent to an activating group) is 1. The van der Waals surface area contributed by atoms with E-state index in [9.17, 15) is 4.79 Å². The molecule has 19 heavy (non-hydrogen) atoms. The molecule has 2 atom stereocenters. The first kappa shape index (κ1) is 16.4. The van der Waals surface area contributed by atoms with E-state index in [0.29, 0.717) is 12.0 Å². The average molecular weight is 269 g/mol. The van der Waals surface area contributed by atoms with E-state index < -0.39 is 0 Å². The van der Waals surface area contributed by atoms with Gasteiger partial charge in [0.05, 0.1) is 5.41 Å². The van der Waals surface area contributed by atoms with E-state index in [1.54, 1.807) is 0 Å². The van der Waals surface area contributed by atoms with Crippen LogP contribution in [0.3, 0.4) is 0 Å². The molecule has 1 amide bonds. The zero-order chi connectivity index (χ0) is 14.5. The van der Waals surface area contributed by atoms with E-state index in [1.807, 2.05) is 0 Å². The van der Waals surface area contributed by atoms with Crippen LogP contribution in [0, 0.1) is 11.3 Å². The number of nitrogens with zero attached hydrogens (tertiary/aromatic N) is 1. The SMILES string of the molecule is CCC1(C(=O)NCC(C(C)C)N(C)C)CCCNC1. The number of amides is 1. The van der Waals surface area contributed by atoms with Gasteiger partial charge in [-0.1, -0.05) is 20.8 Å². The van der Waals surface area contributed by atoms with Crippen LogP contribution in [0.15, 0.2) is 0 Å². The van der Waals surface area contributed by atoms with Gasteiger partial charge in [-0.05, 0) is 45.8 Å². The number of nitrogens with one attached hydrogen (secondary N) is 2. The van der Waals surface area contributed by atoms with Gasteiger partial charge in [0.1, 0.15) is 0 Å². The van der Waals surface area contributed by atoms with Crippen molar-refractivity contribution in [2.45, 2.75) is 46.1 Å². The fourth-order valence-corrected chi connectivity index (χ4v) is 3.02. The first-order valence-corrected chi connectivity index (χ1v) is 7.58. The van der Waals surface area contributed by atoms with E-state index in [0.717, 1.165) is 38.9 Å². The molecule has 4 nitrogen and oxygen atoms in total. The molecule has 1 aliphatic rings. The summed E-state index contributed by atoms with van der Waals surface area (Å²) in [5.74, 6) is 0.770. The van der Waals surface area contributed by atoms with Gasteiger partial charge in [-0.25, -0.2) is 0 Å². The fraction of sp³-hybridized carbons (Fsp3) is 0.933. The largest absolute Gasteiger partial charge is 0.354 e. The molecule has 0 aliphatic carbocycles. The zero-order valence-corrected chi connectivity index (χ0v) is 13.3. The molecule has 0 aromatic rings. The second-order valence-corrected chi connectivity index (χ2v) is 6.40. The monoisotopic (exact) mass is 269 g/mol. The maximum atomic E-state index is 12.5. The summed E-state index contributed by atoms with van der Waals surface area (Å²) in [5, 5.41) is 6.56. The van der Waals surface area contributed by atoms with E-state index in [4.69, 9.17) is 0 Å². The molecular formula is C15H31N3O. The Morgan fingerprint density at radius 3 is 2.53 bits per heavy atom. The number of hydrogen-bond donors (Lipinski definition) is 2. The number of carbonyl (C=O) groups is 1. The summed E-state index contributed by atoms with van der Waals surface area (Å²) in [5.41, 5.74) is -0.188. The molecule has 1 heterocycles. The Kier molecular flexibility index (Phi) is 6.27. The third-order valence-corrected chi connectivity index (χ3v) is 4.54. The van der Waals surface area contributed by atoms with Crippen molar-refractivity contribution in [3.05, 3.63) is 0 Å². The van der Waals surface area contributed by atoms with E-state index in [2.05, 4.69) is 50.4 Å². The van der Waals surface area contributed by atoms with Crippen LogP contribution in [-0.2, 0) is 4.79 Å². The maximum absolute atomic E-state index is 12.5. The van der Waals surface area contributed by atoms with Crippen LogP contribution < -0.4 is 10.6 Å². The highest BCUT2D eigenvalue weighted by Gasteiger charge is 2.37. The third-order valence-electron chi connectivity index (χ3n) is 4.54. The van der Waals surface area contributed by atoms with Gasteiger partial charge in [-0.3, -0.25) is 4.79 Å². The summed E-state index contributed by atoms with van der Waals surface area (Å²) >= 11 is 0. The molecule has 2 unspecified atom stereocenters. The second-order valence-electron chi connectivity index (χ2n) is 6.40. The summed E-state index contributed by atoms with van der Waals surface area (Å²) in [4.78, 5) is 14.7. The van der Waals surface area contributed by atoms with E-state index >= 15 is 0 Å². The molecule has 1 rings (SSSR count). The second kappa shape index (κ2) is 7.25. The molecule has 112 valence electrons. The van der Waals surface area contributed by atoms with Crippen molar-refractivity contribution in [1.29, 1.82) is 0 Å². The van der Waals surface area contributed by atoms with E-state index in [-0.39, 0.29) is 11.3 Å². The van der Waals surface area contributed by atoms with Crippen LogP contribution in [0.25, 0.3) is 0 Å². The molecule has 0 spiro atoms. The number of rotatable bonds is 6. The first-order valence-electron chi connectivity index (χ1n) is 7.58. The zero-order valence-electron chi connectivity index (χ0n) is 13.3. The summed E-state index contributed by atoms with van der Waals surface area (Å²) in [6.07, 6.45) is 3.03. The van der Waals surface area contributed by atoms with Gasteiger partial charge in [0.2, 0.25) is 5.91 Å². The van der Waals surface area contributed by atoms with Crippen molar-refractivity contribution in [3.8, 4) is 0 Å². The number of carbonyl (C=O) groups excluding carboxylic acids is 1. The van der Waals surface area contributed by atoms with Gasteiger partial charge in [-0.15, -0.1) is 0 Å². The highest BCUT2D eigenvalue weighted by Crippen LogP contribution is 2.30. The van der Waals surface area contributed by atoms with Crippen molar-refractivity contribution in [1.82, 2.24) is 15.5 Å². The highest BCUT2D eigenvalue weighted by atomic mass is 16.2. The van der Waals surface area contributed by atoms with Crippen molar-refractivity contribution in [3.63, 3.8) is 0 Å². The number of piperidine rings is 1. The fourth-order valence-electron chi connectivity index (χ4n) is 3.02. The van der Waals surface area contributed by atoms with Crippen LogP contribution in [-0.4, -0.2) is 50.6 Å². The first-order chi connectivity index (χ1) is 8.93. The van der Waals surface area contributed by atoms with Gasteiger partial charge >= 0.3 is 0 Å². The lowest BCUT2D eigenvalue weighted by Gasteiger charge is -2.36. The maximum Gasteiger partial charge on any atom is 0.227 e. The van der Waals surface area contributed by atoms with Gasteiger partial charge in [0, 0.05) is 19.1 Å². The number of hydrogen-bond acceptors (Lipinski definition) is 3. The van der Waals surface area contributed by atoms with Crippen molar-refractivity contribution < 1.29 is 4.79 Å². The van der Waals surface area contributed by atoms with Crippen LogP contribution in [0.4, 0.5) is 0 Å². The summed E-state index contributed by atoms with van der Waals surface area (Å²) in [7, 11) is 4.16. The minimum Gasteiger partial charge on any atom is -0.354 e. The Hall–Kier alpha value is -0.610. The molecular weight excluding hydrogens is 238 g/mol. The smallest absolute Gasteiger partial charge is 0.227 e. The Labute approximate surface area is 118 Å². The quantitative estimate of drug-likeness (QED) is 0.767. The van der Waals surface area contributed by atoms with Crippen molar-refractivity contribution >= 4 is 5.91 Å². The Bertz CT molecular complexity index is 275. The predicted molar refractivity (Wildman–Crippen MR) is 80.2 cm³/mol. The predicted octanol–water partition coefficient (Wildman–Crippen LogP) is 1.47. The normalized spacial score (nSPS) is 25.6. The summed E-state index contributed by atoms with van der Waals surface area (Å²) < 4.78 is 0. The molecule has 0 radical (unpaired) electrons. The van der Waals surface area contributed by atoms with Gasteiger partial charge in [0.25, 0.3) is 0 Å². The molecule has 1 fully saturated rings. The van der Waals surface area contributed by atoms with Crippen LogP contribution in [0.5, 0.6) is 0 Å². The summed E-state index contributed by atoms with van der Waals surface area (Å²) in [6, 6.07) is 0.398. The topological polar surface area (TPSA) is 44.4 Å². The molecule has 2 N–H and O–H groups in total. The summed E-state index contributed by atoms with van der Waals surface area (Å²) in [6.45, 7) is 9.14. The van der Waals surface area contributed by atoms with Crippen molar-refractivity contribution in [2.24, 2.45) is 11.3 Å². The van der Waals surface area contributed by atoms with Gasteiger partial charge in [0.15, 0.2) is 0 Å². The molecule has 1 aliphatic heterocycles. The van der Waals surface area contributed by atoms with Gasteiger partial charge < -0.3 is 15.5 Å². The minimum atomic E-state index is -0.188. The van der Waals surface area contributed by atoms with E-state index in [1.165, 1.54) is 0 Å². The lowest BCUT2D eigenvalue weighted by molar-refractivity contribution is -0.132. The molecule has 4 heteroatoms. The minimum absolute atomic E-state index is 0.188. The molecule has 0 aromatic heterocycles. The van der Waals surface area contributed by atoms with Crippen LogP contribution in [0.1, 0.15) is 40.0 Å². The molecule has 0 bridgehead atoms. The molecule has 0 aromatic carbocycles. The van der Waals surface area contributed by atoms with Crippen molar-refractivity contribution in [2.75, 3.05) is 33.7 Å². The molecule has 1 saturated heterocycles. The Balaban J connectivity index is 2.57. The molecule has 0 saturated carbocycles. The lowest BCUT2D eigenvalue weighted by Crippen LogP contribution is -2.53. The average Bonchev–Trinajstić information content (AvgIpc) is 2.38. The standard InChI is InChI=1S/C15H31N3O/c1-6-15(8-7-9-16-11-15)14(19)17-10-13(12(2)3)18(4)5/h12-13,16H,6-11H2,1-5H3,(H,17,19). The Morgan fingerprint density at radius 1 is 1.42 bits per heavy atom. The van der Waals surface area contributed by atoms with Gasteiger partial charge in [-0.2, -0.15) is 0 Å². The Morgan fingerprint density at radius 2 is 2.11 bits per heavy atom. The lowest BCUT2D eigenvalue weighted by atomic mass is 9.77.